The summed E-state index contributed by atoms with van der Waals surface area (Å²) in [5, 5.41) is 3.35. The van der Waals surface area contributed by atoms with E-state index in [-0.39, 0.29) is 29.4 Å². The summed E-state index contributed by atoms with van der Waals surface area (Å²) in [4.78, 5) is 18.9. The molecule has 1 aliphatic rings. The van der Waals surface area contributed by atoms with Crippen LogP contribution in [-0.2, 0) is 16.2 Å². The van der Waals surface area contributed by atoms with Crippen LogP contribution in [0.15, 0.2) is 6.07 Å². The molecule has 2 aromatic rings. The van der Waals surface area contributed by atoms with E-state index in [1.54, 1.807) is 4.57 Å². The summed E-state index contributed by atoms with van der Waals surface area (Å²) < 4.78 is 41.2. The molecule has 0 spiro atoms. The number of carbonyl (C=O) groups excluding carboxylic acids is 1. The first kappa shape index (κ1) is 23.6. The molecular weight excluding hydrogens is 422 g/mol. The lowest BCUT2D eigenvalue weighted by atomic mass is 10.1. The molecule has 3 rings (SSSR count). The molecule has 172 valence electrons. The molecule has 1 aromatic carbocycles. The third-order valence-corrected chi connectivity index (χ3v) is 7.20. The van der Waals surface area contributed by atoms with Crippen LogP contribution in [0.25, 0.3) is 11.0 Å². The number of aromatic nitrogens is 2. The summed E-state index contributed by atoms with van der Waals surface area (Å²) >= 11 is 0. The molecule has 1 fully saturated rings. The number of esters is 1. The topological polar surface area (TPSA) is 68.6 Å². The highest BCUT2D eigenvalue weighted by molar-refractivity contribution is 6.76. The summed E-state index contributed by atoms with van der Waals surface area (Å²) in [6, 6.07) is 1.93. The minimum absolute atomic E-state index is 0.0704. The highest BCUT2D eigenvalue weighted by Gasteiger charge is 2.27. The molecule has 0 amide bonds. The number of carbonyl (C=O) groups is 1. The van der Waals surface area contributed by atoms with Gasteiger partial charge < -0.3 is 19.7 Å². The van der Waals surface area contributed by atoms with E-state index in [4.69, 9.17) is 9.47 Å². The molecule has 31 heavy (non-hydrogen) atoms. The van der Waals surface area contributed by atoms with Crippen molar-refractivity contribution in [2.45, 2.75) is 51.3 Å². The quantitative estimate of drug-likeness (QED) is 0.370. The number of piperidine rings is 1. The zero-order chi connectivity index (χ0) is 22.8. The SMILES string of the molecule is COC(=O)c1cc(F)c(F)c2nc(NC3CCCN(C)C3)n(COCC[Si](C)(C)C)c12. The van der Waals surface area contributed by atoms with Crippen LogP contribution >= 0.6 is 0 Å². The number of hydrogen-bond acceptors (Lipinski definition) is 6. The van der Waals surface area contributed by atoms with Gasteiger partial charge in [-0.25, -0.2) is 18.6 Å². The van der Waals surface area contributed by atoms with Gasteiger partial charge in [-0.2, -0.15) is 0 Å². The Hall–Kier alpha value is -2.04. The number of nitrogens with one attached hydrogen (secondary N) is 1. The van der Waals surface area contributed by atoms with Crippen molar-refractivity contribution < 1.29 is 23.0 Å². The fourth-order valence-corrected chi connectivity index (χ4v) is 4.51. The van der Waals surface area contributed by atoms with E-state index < -0.39 is 25.7 Å². The van der Waals surface area contributed by atoms with Crippen LogP contribution in [-0.4, -0.2) is 68.4 Å². The molecule has 1 saturated heterocycles. The lowest BCUT2D eigenvalue weighted by Gasteiger charge is -2.30. The Kier molecular flexibility index (Phi) is 7.33. The first-order chi connectivity index (χ1) is 14.6. The first-order valence-electron chi connectivity index (χ1n) is 10.6. The van der Waals surface area contributed by atoms with Gasteiger partial charge in [0, 0.05) is 27.3 Å². The summed E-state index contributed by atoms with van der Waals surface area (Å²) in [5.74, 6) is -2.62. The van der Waals surface area contributed by atoms with Gasteiger partial charge in [0.2, 0.25) is 5.95 Å². The van der Waals surface area contributed by atoms with Crippen LogP contribution in [0.4, 0.5) is 14.7 Å². The number of nitrogens with zero attached hydrogens (tertiary/aromatic N) is 3. The second kappa shape index (κ2) is 9.62. The van der Waals surface area contributed by atoms with E-state index in [9.17, 15) is 13.6 Å². The normalized spacial score (nSPS) is 17.8. The number of anilines is 1. The minimum Gasteiger partial charge on any atom is -0.465 e. The van der Waals surface area contributed by atoms with Crippen LogP contribution < -0.4 is 5.32 Å². The maximum Gasteiger partial charge on any atom is 0.340 e. The molecule has 0 bridgehead atoms. The van der Waals surface area contributed by atoms with E-state index in [1.807, 2.05) is 7.05 Å². The van der Waals surface area contributed by atoms with Gasteiger partial charge in [-0.1, -0.05) is 19.6 Å². The fraction of sp³-hybridized carbons (Fsp3) is 0.619. The average Bonchev–Trinajstić information content (AvgIpc) is 3.05. The van der Waals surface area contributed by atoms with E-state index in [0.29, 0.717) is 12.6 Å². The second-order valence-electron chi connectivity index (χ2n) is 9.37. The van der Waals surface area contributed by atoms with Crippen molar-refractivity contribution in [3.8, 4) is 0 Å². The van der Waals surface area contributed by atoms with E-state index in [2.05, 4.69) is 34.8 Å². The maximum absolute atomic E-state index is 14.6. The van der Waals surface area contributed by atoms with E-state index in [1.165, 1.54) is 7.11 Å². The number of fused-ring (bicyclic) bond motifs is 1. The lowest BCUT2D eigenvalue weighted by molar-refractivity contribution is 0.0600. The summed E-state index contributed by atoms with van der Waals surface area (Å²) in [6.07, 6.45) is 1.96. The third-order valence-electron chi connectivity index (χ3n) is 5.49. The molecule has 2 heterocycles. The Morgan fingerprint density at radius 1 is 1.35 bits per heavy atom. The summed E-state index contributed by atoms with van der Waals surface area (Å²) in [7, 11) is 1.95. The number of rotatable bonds is 8. The Balaban J connectivity index is 2.01. The van der Waals surface area contributed by atoms with Crippen molar-refractivity contribution >= 4 is 31.0 Å². The number of ether oxygens (including phenoxy) is 2. The standard InChI is InChI=1S/C21H32F2N4O3Si/c1-26-8-6-7-14(12-26)24-21-25-18-17(23)16(22)11-15(20(28)29-2)19(18)27(21)13-30-9-10-31(3,4)5/h11,14H,6-10,12-13H2,1-5H3,(H,24,25). The van der Waals surface area contributed by atoms with Crippen molar-refractivity contribution in [1.29, 1.82) is 0 Å². The number of benzene rings is 1. The number of likely N-dealkylation sites (N-methyl/N-ethyl adjacent to an activating group) is 1. The number of halogens is 2. The van der Waals surface area contributed by atoms with Crippen LogP contribution in [0.2, 0.25) is 25.7 Å². The number of hydrogen-bond donors (Lipinski definition) is 1. The van der Waals surface area contributed by atoms with Gasteiger partial charge in [0.25, 0.3) is 0 Å². The molecule has 1 unspecified atom stereocenters. The molecule has 0 saturated carbocycles. The average molecular weight is 455 g/mol. The van der Waals surface area contributed by atoms with Gasteiger partial charge in [-0.05, 0) is 38.5 Å². The Bertz CT molecular complexity index is 945. The molecular formula is C21H32F2N4O3Si. The zero-order valence-electron chi connectivity index (χ0n) is 18.9. The van der Waals surface area contributed by atoms with Crippen LogP contribution in [0.3, 0.4) is 0 Å². The van der Waals surface area contributed by atoms with Crippen molar-refractivity contribution in [2.24, 2.45) is 0 Å². The Morgan fingerprint density at radius 3 is 2.74 bits per heavy atom. The van der Waals surface area contributed by atoms with Gasteiger partial charge in [-0.3, -0.25) is 4.57 Å². The van der Waals surface area contributed by atoms with Gasteiger partial charge in [-0.15, -0.1) is 0 Å². The number of methoxy groups -OCH3 is 1. The predicted molar refractivity (Wildman–Crippen MR) is 119 cm³/mol. The Labute approximate surface area is 182 Å². The molecule has 1 atom stereocenters. The van der Waals surface area contributed by atoms with E-state index in [0.717, 1.165) is 38.0 Å². The molecule has 1 N–H and O–H groups in total. The molecule has 0 radical (unpaired) electrons. The summed E-state index contributed by atoms with van der Waals surface area (Å²) in [6.45, 7) is 9.19. The van der Waals surface area contributed by atoms with Gasteiger partial charge in [0.15, 0.2) is 11.6 Å². The number of likely N-dealkylation sites (tertiary alicyclic amines) is 1. The van der Waals surface area contributed by atoms with Crippen molar-refractivity contribution in [1.82, 2.24) is 14.5 Å². The molecule has 0 aliphatic carbocycles. The predicted octanol–water partition coefficient (Wildman–Crippen LogP) is 3.92. The van der Waals surface area contributed by atoms with E-state index >= 15 is 0 Å². The summed E-state index contributed by atoms with van der Waals surface area (Å²) in [5.41, 5.74) is -0.113. The smallest absolute Gasteiger partial charge is 0.340 e. The monoisotopic (exact) mass is 454 g/mol. The van der Waals surface area contributed by atoms with Gasteiger partial charge in [0.05, 0.1) is 18.2 Å². The van der Waals surface area contributed by atoms with Crippen molar-refractivity contribution in [3.63, 3.8) is 0 Å². The van der Waals surface area contributed by atoms with Gasteiger partial charge >= 0.3 is 5.97 Å². The first-order valence-corrected chi connectivity index (χ1v) is 14.3. The van der Waals surface area contributed by atoms with Gasteiger partial charge in [0.1, 0.15) is 12.2 Å². The maximum atomic E-state index is 14.6. The zero-order valence-corrected chi connectivity index (χ0v) is 19.9. The van der Waals surface area contributed by atoms with Crippen LogP contribution in [0.5, 0.6) is 0 Å². The molecule has 1 aliphatic heterocycles. The highest BCUT2D eigenvalue weighted by Crippen LogP contribution is 2.29. The van der Waals surface area contributed by atoms with Crippen LogP contribution in [0, 0.1) is 11.6 Å². The largest absolute Gasteiger partial charge is 0.465 e. The fourth-order valence-electron chi connectivity index (χ4n) is 3.75. The molecule has 7 nitrogen and oxygen atoms in total. The van der Waals surface area contributed by atoms with Crippen LogP contribution in [0.1, 0.15) is 23.2 Å². The van der Waals surface area contributed by atoms with Crippen molar-refractivity contribution in [2.75, 3.05) is 39.2 Å². The number of imidazole rings is 1. The second-order valence-corrected chi connectivity index (χ2v) is 15.0. The minimum atomic E-state index is -1.30. The molecule has 1 aromatic heterocycles. The molecule has 10 heteroatoms. The lowest BCUT2D eigenvalue weighted by Crippen LogP contribution is -2.40. The highest BCUT2D eigenvalue weighted by atomic mass is 28.3. The third kappa shape index (κ3) is 5.61. The van der Waals surface area contributed by atoms with Crippen molar-refractivity contribution in [3.05, 3.63) is 23.3 Å². The Morgan fingerprint density at radius 2 is 2.10 bits per heavy atom.